The van der Waals surface area contributed by atoms with E-state index in [1.165, 1.54) is 39.6 Å². The number of halogens is 1. The minimum absolute atomic E-state index is 0.646. The third-order valence-corrected chi connectivity index (χ3v) is 2.89. The molecular formula is C12H15IZn. The van der Waals surface area contributed by atoms with Crippen molar-refractivity contribution >= 4 is 19.8 Å². The van der Waals surface area contributed by atoms with E-state index in [4.69, 9.17) is 0 Å². The van der Waals surface area contributed by atoms with Crippen LogP contribution in [0.2, 0.25) is 0 Å². The summed E-state index contributed by atoms with van der Waals surface area (Å²) in [7, 11) is 0. The summed E-state index contributed by atoms with van der Waals surface area (Å²) in [6.07, 6.45) is 3.99. The molecule has 0 aliphatic heterocycles. The third-order valence-electron chi connectivity index (χ3n) is 2.89. The van der Waals surface area contributed by atoms with Gasteiger partial charge in [0, 0.05) is 0 Å². The van der Waals surface area contributed by atoms with E-state index in [1.54, 1.807) is 0 Å². The normalized spacial score (nSPS) is 25.4. The summed E-state index contributed by atoms with van der Waals surface area (Å²) in [6.45, 7) is 4.20. The molecule has 1 aromatic rings. The third kappa shape index (κ3) is 3.31. The Balaban J connectivity index is 0.000000461. The second-order valence-electron chi connectivity index (χ2n) is 3.71. The molecule has 1 aliphatic rings. The summed E-state index contributed by atoms with van der Waals surface area (Å²) in [5.41, 5.74) is 1.48. The SMILES string of the molecule is [CH2-]C1CCC[C@@H]1c1ccccc1.[Zn+][I]. The molecule has 0 spiro atoms. The molecule has 1 unspecified atom stereocenters. The molecule has 0 amide bonds. The summed E-state index contributed by atoms with van der Waals surface area (Å²) in [4.78, 5) is 0. The van der Waals surface area contributed by atoms with E-state index in [1.807, 2.05) is 0 Å². The molecule has 1 fully saturated rings. The van der Waals surface area contributed by atoms with Gasteiger partial charge in [-0.05, 0) is 17.9 Å². The van der Waals surface area contributed by atoms with Crippen molar-refractivity contribution in [2.45, 2.75) is 25.2 Å². The van der Waals surface area contributed by atoms with E-state index in [-0.39, 0.29) is 0 Å². The van der Waals surface area contributed by atoms with Gasteiger partial charge in [-0.3, -0.25) is 0 Å². The zero-order chi connectivity index (χ0) is 10.4. The van der Waals surface area contributed by atoms with Gasteiger partial charge in [0.25, 0.3) is 0 Å². The van der Waals surface area contributed by atoms with E-state index in [9.17, 15) is 0 Å². The van der Waals surface area contributed by atoms with Crippen LogP contribution in [0.25, 0.3) is 0 Å². The Labute approximate surface area is 108 Å². The topological polar surface area (TPSA) is 0 Å². The molecule has 0 nitrogen and oxygen atoms in total. The summed E-state index contributed by atoms with van der Waals surface area (Å²) in [5.74, 6) is 1.37. The Kier molecular flexibility index (Phi) is 6.27. The van der Waals surface area contributed by atoms with Gasteiger partial charge in [-0.15, -0.1) is 0 Å². The fraction of sp³-hybridized carbons (Fsp3) is 0.417. The molecule has 14 heavy (non-hydrogen) atoms. The van der Waals surface area contributed by atoms with E-state index in [0.717, 1.165) is 5.92 Å². The Bertz CT molecular complexity index is 248. The van der Waals surface area contributed by atoms with Gasteiger partial charge in [-0.2, -0.15) is 5.92 Å². The minimum atomic E-state index is 0.646. The van der Waals surface area contributed by atoms with Crippen LogP contribution in [0.15, 0.2) is 30.3 Å². The number of rotatable bonds is 1. The zero-order valence-electron chi connectivity index (χ0n) is 8.45. The van der Waals surface area contributed by atoms with Gasteiger partial charge in [0.05, 0.1) is 0 Å². The van der Waals surface area contributed by atoms with Crippen molar-refractivity contribution in [1.82, 2.24) is 0 Å². The van der Waals surface area contributed by atoms with E-state index < -0.39 is 0 Å². The second-order valence-corrected chi connectivity index (χ2v) is 3.71. The molecule has 0 bridgehead atoms. The van der Waals surface area contributed by atoms with Crippen molar-refractivity contribution in [3.05, 3.63) is 42.8 Å². The summed E-state index contributed by atoms with van der Waals surface area (Å²) in [6, 6.07) is 10.8. The molecule has 0 N–H and O–H groups in total. The van der Waals surface area contributed by atoms with Gasteiger partial charge in [-0.1, -0.05) is 43.2 Å². The average molecular weight is 352 g/mol. The molecule has 2 heteroatoms. The maximum absolute atomic E-state index is 4.20. The fourth-order valence-corrected chi connectivity index (χ4v) is 2.18. The van der Waals surface area contributed by atoms with Crippen molar-refractivity contribution in [2.24, 2.45) is 5.92 Å². The molecule has 0 heterocycles. The van der Waals surface area contributed by atoms with Crippen molar-refractivity contribution in [3.8, 4) is 0 Å². The predicted octanol–water partition coefficient (Wildman–Crippen LogP) is 4.29. The Morgan fingerprint density at radius 2 is 1.79 bits per heavy atom. The van der Waals surface area contributed by atoms with Crippen LogP contribution in [0.4, 0.5) is 0 Å². The second kappa shape index (κ2) is 6.95. The molecule has 72 valence electrons. The predicted molar refractivity (Wildman–Crippen MR) is 65.9 cm³/mol. The van der Waals surface area contributed by atoms with E-state index >= 15 is 0 Å². The molecule has 1 aliphatic carbocycles. The van der Waals surface area contributed by atoms with Gasteiger partial charge in [-0.25, -0.2) is 0 Å². The van der Waals surface area contributed by atoms with Crippen LogP contribution < -0.4 is 0 Å². The van der Waals surface area contributed by atoms with Crippen molar-refractivity contribution in [3.63, 3.8) is 0 Å². The first-order valence-electron chi connectivity index (χ1n) is 5.02. The van der Waals surface area contributed by atoms with Crippen LogP contribution in [0.3, 0.4) is 0 Å². The van der Waals surface area contributed by atoms with Gasteiger partial charge in [0.2, 0.25) is 0 Å². The summed E-state index contributed by atoms with van der Waals surface area (Å²) >= 11 is 3.62. The van der Waals surface area contributed by atoms with Crippen LogP contribution in [0.1, 0.15) is 30.7 Å². The first-order chi connectivity index (χ1) is 6.88. The summed E-state index contributed by atoms with van der Waals surface area (Å²) in [5, 5.41) is 0. The first-order valence-corrected chi connectivity index (χ1v) is 14.1. The van der Waals surface area contributed by atoms with E-state index in [2.05, 4.69) is 57.0 Å². The van der Waals surface area contributed by atoms with Gasteiger partial charge in [0.15, 0.2) is 0 Å². The molecule has 2 rings (SSSR count). The van der Waals surface area contributed by atoms with Crippen molar-refractivity contribution in [2.75, 3.05) is 0 Å². The van der Waals surface area contributed by atoms with Gasteiger partial charge >= 0.3 is 34.5 Å². The molecule has 1 aromatic carbocycles. The Morgan fingerprint density at radius 1 is 1.14 bits per heavy atom. The van der Waals surface area contributed by atoms with Crippen molar-refractivity contribution < 1.29 is 14.8 Å². The molecule has 2 atom stereocenters. The quantitative estimate of drug-likeness (QED) is 0.402. The molecule has 0 aromatic heterocycles. The Morgan fingerprint density at radius 3 is 2.29 bits per heavy atom. The first kappa shape index (κ1) is 12.6. The number of hydrogen-bond acceptors (Lipinski definition) is 0. The molecule has 0 saturated heterocycles. The molecule has 0 radical (unpaired) electrons. The summed E-state index contributed by atoms with van der Waals surface area (Å²) < 4.78 is 0. The van der Waals surface area contributed by atoms with E-state index in [0.29, 0.717) is 5.92 Å². The van der Waals surface area contributed by atoms with Crippen LogP contribution in [0.5, 0.6) is 0 Å². The average Bonchev–Trinajstić information content (AvgIpc) is 2.69. The number of hydrogen-bond donors (Lipinski definition) is 0. The zero-order valence-corrected chi connectivity index (χ0v) is 13.6. The van der Waals surface area contributed by atoms with Gasteiger partial charge < -0.3 is 6.92 Å². The molecular weight excluding hydrogens is 336 g/mol. The van der Waals surface area contributed by atoms with Crippen LogP contribution >= 0.6 is 19.8 Å². The fourth-order valence-electron chi connectivity index (χ4n) is 2.18. The van der Waals surface area contributed by atoms with Crippen LogP contribution in [0, 0.1) is 12.8 Å². The molecule has 1 saturated carbocycles. The van der Waals surface area contributed by atoms with Gasteiger partial charge in [0.1, 0.15) is 0 Å². The standard InChI is InChI=1S/C12H15.HI.Zn/c1-10-6-5-9-12(10)11-7-3-2-4-8-11;;/h2-4,7-8,10,12H,1,5-6,9H2;1H;/q-1;;+2/p-1/t10?,12-;;/m0../s1. The monoisotopic (exact) mass is 350 g/mol. The van der Waals surface area contributed by atoms with Crippen LogP contribution in [-0.2, 0) is 14.8 Å². The Hall–Kier alpha value is 0.573. The maximum atomic E-state index is 4.20. The van der Waals surface area contributed by atoms with Crippen LogP contribution in [-0.4, -0.2) is 0 Å². The number of benzene rings is 1. The van der Waals surface area contributed by atoms with Crippen molar-refractivity contribution in [1.29, 1.82) is 0 Å².